The van der Waals surface area contributed by atoms with Crippen molar-refractivity contribution < 1.29 is 13.9 Å². The first kappa shape index (κ1) is 15.3. The molecule has 0 aliphatic heterocycles. The Balaban J connectivity index is 2.90. The van der Waals surface area contributed by atoms with Crippen LogP contribution >= 0.6 is 0 Å². The Hall–Kier alpha value is -1.76. The van der Waals surface area contributed by atoms with E-state index in [9.17, 15) is 19.1 Å². The van der Waals surface area contributed by atoms with Gasteiger partial charge in [-0.25, -0.2) is 0 Å². The number of para-hydroxylation sites is 1. The Morgan fingerprint density at radius 1 is 1.32 bits per heavy atom. The molecule has 104 valence electrons. The lowest BCUT2D eigenvalue weighted by molar-refractivity contribution is -0.387. The lowest BCUT2D eigenvalue weighted by Gasteiger charge is -2.18. The Morgan fingerprint density at radius 2 is 1.89 bits per heavy atom. The Labute approximate surface area is 114 Å². The smallest absolute Gasteiger partial charge is 0.285 e. The van der Waals surface area contributed by atoms with Crippen LogP contribution in [0.4, 0.5) is 5.69 Å². The van der Waals surface area contributed by atoms with Gasteiger partial charge in [-0.2, -0.15) is 0 Å². The maximum absolute atomic E-state index is 12.1. The van der Waals surface area contributed by atoms with E-state index in [4.69, 9.17) is 0 Å². The lowest BCUT2D eigenvalue weighted by Crippen LogP contribution is -2.34. The number of carbonyl (C=O) groups is 1. The summed E-state index contributed by atoms with van der Waals surface area (Å²) in [4.78, 5) is 23.7. The summed E-state index contributed by atoms with van der Waals surface area (Å²) in [6, 6.07) is 5.78. The minimum absolute atomic E-state index is 0.0907. The minimum Gasteiger partial charge on any atom is -0.342 e. The number of nitro groups is 1. The molecule has 0 saturated carbocycles. The quantitative estimate of drug-likeness (QED) is 0.586. The van der Waals surface area contributed by atoms with Crippen LogP contribution in [0.5, 0.6) is 0 Å². The van der Waals surface area contributed by atoms with E-state index in [0.29, 0.717) is 13.1 Å². The van der Waals surface area contributed by atoms with Crippen LogP contribution in [0.25, 0.3) is 0 Å². The van der Waals surface area contributed by atoms with Gasteiger partial charge in [0.2, 0.25) is 5.91 Å². The molecule has 0 aromatic heterocycles. The molecule has 1 atom stereocenters. The fourth-order valence-corrected chi connectivity index (χ4v) is 2.83. The van der Waals surface area contributed by atoms with Gasteiger partial charge < -0.3 is 4.90 Å². The fraction of sp³-hybridized carbons (Fsp3) is 0.417. The molecule has 7 heteroatoms. The predicted molar refractivity (Wildman–Crippen MR) is 72.3 cm³/mol. The van der Waals surface area contributed by atoms with E-state index >= 15 is 0 Å². The largest absolute Gasteiger partial charge is 0.342 e. The van der Waals surface area contributed by atoms with Crippen molar-refractivity contribution in [3.05, 3.63) is 34.4 Å². The SMILES string of the molecule is CCN(CC)C(=O)CS(=O)c1ccccc1[N+](=O)[O-]. The molecule has 19 heavy (non-hydrogen) atoms. The molecule has 1 rings (SSSR count). The molecule has 0 saturated heterocycles. The van der Waals surface area contributed by atoms with E-state index in [0.717, 1.165) is 0 Å². The third kappa shape index (κ3) is 3.85. The highest BCUT2D eigenvalue weighted by Gasteiger charge is 2.21. The zero-order chi connectivity index (χ0) is 14.4. The second kappa shape index (κ2) is 6.98. The molecule has 6 nitrogen and oxygen atoms in total. The van der Waals surface area contributed by atoms with Crippen molar-refractivity contribution in [2.24, 2.45) is 0 Å². The summed E-state index contributed by atoms with van der Waals surface area (Å²) in [5, 5.41) is 10.8. The summed E-state index contributed by atoms with van der Waals surface area (Å²) in [7, 11) is -1.70. The first-order valence-electron chi connectivity index (χ1n) is 5.90. The average Bonchev–Trinajstić information content (AvgIpc) is 2.40. The highest BCUT2D eigenvalue weighted by atomic mass is 32.2. The molecule has 0 fully saturated rings. The van der Waals surface area contributed by atoms with Crippen molar-refractivity contribution in [2.45, 2.75) is 18.7 Å². The van der Waals surface area contributed by atoms with Gasteiger partial charge in [-0.1, -0.05) is 12.1 Å². The van der Waals surface area contributed by atoms with Gasteiger partial charge in [-0.3, -0.25) is 19.1 Å². The second-order valence-electron chi connectivity index (χ2n) is 3.78. The summed E-state index contributed by atoms with van der Waals surface area (Å²) in [6.07, 6.45) is 0. The second-order valence-corrected chi connectivity index (χ2v) is 5.20. The van der Waals surface area contributed by atoms with Gasteiger partial charge in [0, 0.05) is 19.2 Å². The number of hydrogen-bond acceptors (Lipinski definition) is 4. The molecule has 0 radical (unpaired) electrons. The highest BCUT2D eigenvalue weighted by molar-refractivity contribution is 7.86. The number of nitrogens with zero attached hydrogens (tertiary/aromatic N) is 2. The Kier molecular flexibility index (Phi) is 5.62. The average molecular weight is 284 g/mol. The van der Waals surface area contributed by atoms with Crippen LogP contribution in [0.1, 0.15) is 13.8 Å². The van der Waals surface area contributed by atoms with Crippen LogP contribution in [0.15, 0.2) is 29.2 Å². The monoisotopic (exact) mass is 284 g/mol. The number of carbonyl (C=O) groups excluding carboxylic acids is 1. The van der Waals surface area contributed by atoms with Crippen molar-refractivity contribution in [1.82, 2.24) is 4.90 Å². The number of amides is 1. The number of hydrogen-bond donors (Lipinski definition) is 0. The van der Waals surface area contributed by atoms with E-state index in [1.165, 1.54) is 18.2 Å². The van der Waals surface area contributed by atoms with E-state index < -0.39 is 15.7 Å². The lowest BCUT2D eigenvalue weighted by atomic mass is 10.3. The van der Waals surface area contributed by atoms with Crippen molar-refractivity contribution in [3.63, 3.8) is 0 Å². The third-order valence-electron chi connectivity index (χ3n) is 2.68. The zero-order valence-electron chi connectivity index (χ0n) is 10.9. The van der Waals surface area contributed by atoms with Crippen molar-refractivity contribution >= 4 is 22.4 Å². The van der Waals surface area contributed by atoms with Crippen LogP contribution in [-0.2, 0) is 15.6 Å². The highest BCUT2D eigenvalue weighted by Crippen LogP contribution is 2.21. The van der Waals surface area contributed by atoms with E-state index in [1.54, 1.807) is 11.0 Å². The molecule has 0 aliphatic rings. The molecule has 1 unspecified atom stereocenters. The summed E-state index contributed by atoms with van der Waals surface area (Å²) >= 11 is 0. The standard InChI is InChI=1S/C12H16N2O4S/c1-3-13(4-2)12(15)9-19(18)11-8-6-5-7-10(11)14(16)17/h5-8H,3-4,9H2,1-2H3. The molecule has 0 N–H and O–H groups in total. The van der Waals surface area contributed by atoms with Crippen LogP contribution < -0.4 is 0 Å². The number of benzene rings is 1. The zero-order valence-corrected chi connectivity index (χ0v) is 11.7. The van der Waals surface area contributed by atoms with Gasteiger partial charge in [0.05, 0.1) is 15.7 Å². The van der Waals surface area contributed by atoms with E-state index in [-0.39, 0.29) is 22.2 Å². The molecule has 0 bridgehead atoms. The normalized spacial score (nSPS) is 11.9. The first-order valence-corrected chi connectivity index (χ1v) is 7.22. The van der Waals surface area contributed by atoms with E-state index in [2.05, 4.69) is 0 Å². The van der Waals surface area contributed by atoms with Gasteiger partial charge >= 0.3 is 0 Å². The van der Waals surface area contributed by atoms with Crippen LogP contribution in [0, 0.1) is 10.1 Å². The van der Waals surface area contributed by atoms with Crippen molar-refractivity contribution in [3.8, 4) is 0 Å². The molecule has 0 aliphatic carbocycles. The fourth-order valence-electron chi connectivity index (χ4n) is 1.66. The van der Waals surface area contributed by atoms with Gasteiger partial charge in [-0.05, 0) is 19.9 Å². The summed E-state index contributed by atoms with van der Waals surface area (Å²) in [6.45, 7) is 4.72. The Bertz CT molecular complexity index is 500. The molecule has 0 heterocycles. The number of nitro benzene ring substituents is 1. The third-order valence-corrected chi connectivity index (χ3v) is 4.02. The maximum atomic E-state index is 12.1. The van der Waals surface area contributed by atoms with E-state index in [1.807, 2.05) is 13.8 Å². The molecular formula is C12H16N2O4S. The summed E-state index contributed by atoms with van der Waals surface area (Å²) in [5.74, 6) is -0.492. The minimum atomic E-state index is -1.70. The first-order chi connectivity index (χ1) is 9.01. The van der Waals surface area contributed by atoms with Crippen LogP contribution in [0.3, 0.4) is 0 Å². The molecule has 1 aromatic rings. The molecular weight excluding hydrogens is 268 g/mol. The van der Waals surface area contributed by atoms with Gasteiger partial charge in [0.25, 0.3) is 5.69 Å². The van der Waals surface area contributed by atoms with Crippen molar-refractivity contribution in [1.29, 1.82) is 0 Å². The molecule has 1 amide bonds. The molecule has 1 aromatic carbocycles. The van der Waals surface area contributed by atoms with Gasteiger partial charge in [0.1, 0.15) is 10.6 Å². The van der Waals surface area contributed by atoms with Gasteiger partial charge in [0.15, 0.2) is 0 Å². The molecule has 0 spiro atoms. The maximum Gasteiger partial charge on any atom is 0.285 e. The predicted octanol–water partition coefficient (Wildman–Crippen LogP) is 1.57. The van der Waals surface area contributed by atoms with Crippen LogP contribution in [0.2, 0.25) is 0 Å². The summed E-state index contributed by atoms with van der Waals surface area (Å²) in [5.41, 5.74) is -0.215. The Morgan fingerprint density at radius 3 is 2.42 bits per heavy atom. The van der Waals surface area contributed by atoms with Crippen molar-refractivity contribution in [2.75, 3.05) is 18.8 Å². The summed E-state index contributed by atoms with van der Waals surface area (Å²) < 4.78 is 12.1. The topological polar surface area (TPSA) is 80.5 Å². The number of rotatable bonds is 6. The van der Waals surface area contributed by atoms with Gasteiger partial charge in [-0.15, -0.1) is 0 Å². The van der Waals surface area contributed by atoms with Crippen LogP contribution in [-0.4, -0.2) is 38.8 Å².